The average Bonchev–Trinajstić information content (AvgIpc) is 2.63. The van der Waals surface area contributed by atoms with E-state index in [0.29, 0.717) is 5.82 Å². The summed E-state index contributed by atoms with van der Waals surface area (Å²) in [5, 5.41) is 6.00. The Morgan fingerprint density at radius 3 is 2.72 bits per heavy atom. The molecule has 102 valence electrons. The number of nitrogens with zero attached hydrogens (tertiary/aromatic N) is 3. The molecule has 0 aliphatic heterocycles. The summed E-state index contributed by atoms with van der Waals surface area (Å²) < 4.78 is 37.1. The van der Waals surface area contributed by atoms with Crippen LogP contribution in [0.2, 0.25) is 0 Å². The van der Waals surface area contributed by atoms with Crippen LogP contribution >= 0.6 is 0 Å². The molecular weight excluding hydrogens is 249 g/mol. The molecule has 1 aromatic heterocycles. The number of hydrogen-bond donors (Lipinski definition) is 1. The number of alkyl halides is 3. The molecule has 0 radical (unpaired) electrons. The first-order valence-electron chi connectivity index (χ1n) is 5.47. The molecule has 0 aliphatic carbocycles. The van der Waals surface area contributed by atoms with Crippen molar-refractivity contribution in [3.05, 3.63) is 12.2 Å². The van der Waals surface area contributed by atoms with Gasteiger partial charge in [-0.2, -0.15) is 18.3 Å². The summed E-state index contributed by atoms with van der Waals surface area (Å²) in [6, 6.07) is 0.0541. The minimum atomic E-state index is -4.31. The van der Waals surface area contributed by atoms with Gasteiger partial charge in [-0.05, 0) is 13.8 Å². The second-order valence-electron chi connectivity index (χ2n) is 4.15. The molecule has 1 rings (SSSR count). The lowest BCUT2D eigenvalue weighted by Crippen LogP contribution is -2.33. The maximum absolute atomic E-state index is 11.9. The second-order valence-corrected chi connectivity index (χ2v) is 4.15. The number of carbonyl (C=O) groups is 1. The smallest absolute Gasteiger partial charge is 0.302 e. The summed E-state index contributed by atoms with van der Waals surface area (Å²) in [4.78, 5) is 15.4. The quantitative estimate of drug-likeness (QED) is 0.836. The predicted molar refractivity (Wildman–Crippen MR) is 58.0 cm³/mol. The fourth-order valence-corrected chi connectivity index (χ4v) is 1.41. The molecule has 1 aromatic rings. The van der Waals surface area contributed by atoms with Crippen LogP contribution in [0.3, 0.4) is 0 Å². The van der Waals surface area contributed by atoms with E-state index < -0.39 is 12.7 Å². The molecule has 5 nitrogen and oxygen atoms in total. The first-order chi connectivity index (χ1) is 8.29. The van der Waals surface area contributed by atoms with Crippen molar-refractivity contribution in [2.75, 3.05) is 13.1 Å². The van der Waals surface area contributed by atoms with E-state index in [9.17, 15) is 18.0 Å². The molecule has 0 aliphatic rings. The average molecular weight is 264 g/mol. The van der Waals surface area contributed by atoms with Gasteiger partial charge in [0.25, 0.3) is 0 Å². The highest BCUT2D eigenvalue weighted by molar-refractivity contribution is 5.82. The Morgan fingerprint density at radius 2 is 2.17 bits per heavy atom. The minimum absolute atomic E-state index is 0.0248. The summed E-state index contributed by atoms with van der Waals surface area (Å²) in [5.41, 5.74) is 0. The topological polar surface area (TPSA) is 59.8 Å². The number of rotatable bonds is 6. The molecule has 0 unspecified atom stereocenters. The van der Waals surface area contributed by atoms with Crippen LogP contribution in [0, 0.1) is 0 Å². The van der Waals surface area contributed by atoms with E-state index in [1.807, 2.05) is 13.8 Å². The fourth-order valence-electron chi connectivity index (χ4n) is 1.41. The van der Waals surface area contributed by atoms with Crippen LogP contribution < -0.4 is 5.32 Å². The van der Waals surface area contributed by atoms with E-state index in [1.165, 1.54) is 6.33 Å². The van der Waals surface area contributed by atoms with E-state index in [4.69, 9.17) is 0 Å². The Hall–Kier alpha value is -1.44. The molecule has 0 aromatic carbocycles. The van der Waals surface area contributed by atoms with Crippen LogP contribution in [-0.2, 0) is 11.2 Å². The van der Waals surface area contributed by atoms with Crippen LogP contribution in [0.4, 0.5) is 13.2 Å². The van der Waals surface area contributed by atoms with Crippen molar-refractivity contribution in [3.63, 3.8) is 0 Å². The molecule has 1 N–H and O–H groups in total. The van der Waals surface area contributed by atoms with Gasteiger partial charge in [0.05, 0.1) is 19.5 Å². The number of hydrogen-bond acceptors (Lipinski definition) is 4. The number of ketones is 1. The first-order valence-corrected chi connectivity index (χ1v) is 5.47. The number of halogens is 3. The van der Waals surface area contributed by atoms with Gasteiger partial charge in [0, 0.05) is 6.04 Å². The van der Waals surface area contributed by atoms with Crippen LogP contribution in [-0.4, -0.2) is 39.8 Å². The third-order valence-corrected chi connectivity index (χ3v) is 2.14. The molecule has 18 heavy (non-hydrogen) atoms. The fraction of sp³-hybridized carbons (Fsp3) is 0.700. The summed E-state index contributed by atoms with van der Waals surface area (Å²) in [6.07, 6.45) is -3.01. The van der Waals surface area contributed by atoms with Gasteiger partial charge >= 0.3 is 6.18 Å². The highest BCUT2D eigenvalue weighted by Gasteiger charge is 2.26. The van der Waals surface area contributed by atoms with Crippen molar-refractivity contribution in [3.8, 4) is 0 Å². The Kier molecular flexibility index (Phi) is 4.83. The SMILES string of the molecule is CC(C)n1ncnc1CC(=O)CNCC(F)(F)F. The second kappa shape index (κ2) is 5.94. The van der Waals surface area contributed by atoms with Crippen LogP contribution in [0.15, 0.2) is 6.33 Å². The molecule has 0 bridgehead atoms. The summed E-state index contributed by atoms with van der Waals surface area (Å²) in [5.74, 6) is 0.109. The van der Waals surface area contributed by atoms with Gasteiger partial charge in [0.1, 0.15) is 12.2 Å². The van der Waals surface area contributed by atoms with Crippen molar-refractivity contribution >= 4 is 5.78 Å². The largest absolute Gasteiger partial charge is 0.401 e. The number of Topliss-reactive ketones (excluding diaryl/α,β-unsaturated/α-hetero) is 1. The van der Waals surface area contributed by atoms with Gasteiger partial charge in [-0.25, -0.2) is 9.67 Å². The zero-order valence-electron chi connectivity index (χ0n) is 10.2. The van der Waals surface area contributed by atoms with E-state index in [0.717, 1.165) is 0 Å². The van der Waals surface area contributed by atoms with Crippen molar-refractivity contribution in [2.45, 2.75) is 32.5 Å². The van der Waals surface area contributed by atoms with Gasteiger partial charge in [0.15, 0.2) is 5.78 Å². The number of nitrogens with one attached hydrogen (secondary N) is 1. The summed E-state index contributed by atoms with van der Waals surface area (Å²) in [6.45, 7) is 2.26. The minimum Gasteiger partial charge on any atom is -0.302 e. The van der Waals surface area contributed by atoms with Crippen molar-refractivity contribution in [1.82, 2.24) is 20.1 Å². The third kappa shape index (κ3) is 4.82. The van der Waals surface area contributed by atoms with Gasteiger partial charge in [0.2, 0.25) is 0 Å². The maximum atomic E-state index is 11.9. The molecule has 0 saturated carbocycles. The zero-order valence-corrected chi connectivity index (χ0v) is 10.2. The van der Waals surface area contributed by atoms with Crippen molar-refractivity contribution in [2.24, 2.45) is 0 Å². The normalized spacial score (nSPS) is 12.1. The van der Waals surface area contributed by atoms with Gasteiger partial charge in [-0.3, -0.25) is 4.79 Å². The van der Waals surface area contributed by atoms with Gasteiger partial charge < -0.3 is 5.32 Å². The lowest BCUT2D eigenvalue weighted by atomic mass is 10.2. The molecule has 1 heterocycles. The highest BCUT2D eigenvalue weighted by atomic mass is 19.4. The maximum Gasteiger partial charge on any atom is 0.401 e. The molecular formula is C10H15F3N4O. The van der Waals surface area contributed by atoms with E-state index >= 15 is 0 Å². The molecule has 8 heteroatoms. The monoisotopic (exact) mass is 264 g/mol. The zero-order chi connectivity index (χ0) is 13.8. The summed E-state index contributed by atoms with van der Waals surface area (Å²) >= 11 is 0. The Labute approximate surface area is 102 Å². The van der Waals surface area contributed by atoms with Gasteiger partial charge in [-0.1, -0.05) is 0 Å². The standard InChI is InChI=1S/C10H15F3N4O/c1-7(2)17-9(15-6-16-17)3-8(18)4-14-5-10(11,12)13/h6-7,14H,3-5H2,1-2H3. The van der Waals surface area contributed by atoms with Crippen LogP contribution in [0.5, 0.6) is 0 Å². The Balaban J connectivity index is 2.43. The van der Waals surface area contributed by atoms with Crippen molar-refractivity contribution in [1.29, 1.82) is 0 Å². The molecule has 0 saturated heterocycles. The predicted octanol–water partition coefficient (Wildman–Crippen LogP) is 1.12. The molecule has 0 spiro atoms. The van der Waals surface area contributed by atoms with E-state index in [2.05, 4.69) is 15.4 Å². The molecule has 0 amide bonds. The van der Waals surface area contributed by atoms with Crippen molar-refractivity contribution < 1.29 is 18.0 Å². The number of carbonyl (C=O) groups excluding carboxylic acids is 1. The van der Waals surface area contributed by atoms with Crippen LogP contribution in [0.25, 0.3) is 0 Å². The highest BCUT2D eigenvalue weighted by Crippen LogP contribution is 2.12. The Bertz CT molecular complexity index is 400. The lowest BCUT2D eigenvalue weighted by molar-refractivity contribution is -0.127. The van der Waals surface area contributed by atoms with Gasteiger partial charge in [-0.15, -0.1) is 0 Å². The van der Waals surface area contributed by atoms with E-state index in [1.54, 1.807) is 4.68 Å². The van der Waals surface area contributed by atoms with E-state index in [-0.39, 0.29) is 24.8 Å². The Morgan fingerprint density at radius 1 is 1.50 bits per heavy atom. The third-order valence-electron chi connectivity index (χ3n) is 2.14. The van der Waals surface area contributed by atoms with Crippen LogP contribution in [0.1, 0.15) is 25.7 Å². The molecule has 0 atom stereocenters. The molecule has 0 fully saturated rings. The first kappa shape index (κ1) is 14.6. The lowest BCUT2D eigenvalue weighted by Gasteiger charge is -2.09. The summed E-state index contributed by atoms with van der Waals surface area (Å²) in [7, 11) is 0. The number of aromatic nitrogens is 3.